The van der Waals surface area contributed by atoms with Gasteiger partial charge in [-0.05, 0) is 56.6 Å². The molecule has 0 radical (unpaired) electrons. The van der Waals surface area contributed by atoms with E-state index in [-0.39, 0.29) is 6.04 Å². The molecular weight excluding hydrogens is 226 g/mol. The number of aryl methyl sites for hydroxylation is 1. The predicted octanol–water partition coefficient (Wildman–Crippen LogP) is 3.19. The number of nitrogens with one attached hydrogen (secondary N) is 1. The maximum Gasteiger partial charge on any atom is 0.120 e. The molecule has 96 valence electrons. The Balaban J connectivity index is 1.80. The Hall–Kier alpha value is -1.74. The Kier molecular flexibility index (Phi) is 4.05. The van der Waals surface area contributed by atoms with E-state index in [1.807, 2.05) is 31.2 Å². The molecule has 1 heterocycles. The summed E-state index contributed by atoms with van der Waals surface area (Å²) in [4.78, 5) is 0. The Bertz CT molecular complexity index is 487. The molecule has 1 aromatic heterocycles. The van der Waals surface area contributed by atoms with E-state index in [0.29, 0.717) is 5.75 Å². The van der Waals surface area contributed by atoms with Crippen LogP contribution in [0.4, 0.5) is 0 Å². The number of rotatable bonds is 5. The minimum atomic E-state index is 0.218. The number of phenolic OH excluding ortho intramolecular Hbond substituents is 1. The van der Waals surface area contributed by atoms with Crippen molar-refractivity contribution in [3.05, 3.63) is 53.5 Å². The van der Waals surface area contributed by atoms with Gasteiger partial charge in [0, 0.05) is 0 Å². The first kappa shape index (κ1) is 12.7. The van der Waals surface area contributed by atoms with Crippen molar-refractivity contribution in [1.82, 2.24) is 5.32 Å². The fourth-order valence-electron chi connectivity index (χ4n) is 1.88. The molecule has 1 atom stereocenters. The SMILES string of the molecule is Cc1ccc(C(C)NCCc2ccc(O)cc2)o1. The standard InChI is InChI=1S/C15H19NO2/c1-11-3-8-15(18-11)12(2)16-10-9-13-4-6-14(17)7-5-13/h3-8,12,16-17H,9-10H2,1-2H3. The summed E-state index contributed by atoms with van der Waals surface area (Å²) >= 11 is 0. The van der Waals surface area contributed by atoms with Crippen LogP contribution in [-0.2, 0) is 6.42 Å². The van der Waals surface area contributed by atoms with Crippen LogP contribution >= 0.6 is 0 Å². The van der Waals surface area contributed by atoms with Gasteiger partial charge in [-0.3, -0.25) is 0 Å². The molecule has 2 rings (SSSR count). The minimum absolute atomic E-state index is 0.218. The van der Waals surface area contributed by atoms with E-state index in [2.05, 4.69) is 12.2 Å². The lowest BCUT2D eigenvalue weighted by Crippen LogP contribution is -2.20. The van der Waals surface area contributed by atoms with Gasteiger partial charge in [-0.25, -0.2) is 0 Å². The molecule has 2 aromatic rings. The molecular formula is C15H19NO2. The van der Waals surface area contributed by atoms with E-state index in [1.54, 1.807) is 12.1 Å². The fraction of sp³-hybridized carbons (Fsp3) is 0.333. The molecule has 2 N–H and O–H groups in total. The molecule has 3 nitrogen and oxygen atoms in total. The zero-order valence-corrected chi connectivity index (χ0v) is 10.8. The average molecular weight is 245 g/mol. The zero-order valence-electron chi connectivity index (χ0n) is 10.8. The first-order valence-electron chi connectivity index (χ1n) is 6.23. The van der Waals surface area contributed by atoms with Gasteiger partial charge < -0.3 is 14.8 Å². The Morgan fingerprint density at radius 2 is 1.89 bits per heavy atom. The molecule has 0 saturated carbocycles. The highest BCUT2D eigenvalue weighted by Gasteiger charge is 2.08. The van der Waals surface area contributed by atoms with Crippen molar-refractivity contribution in [2.24, 2.45) is 0 Å². The van der Waals surface area contributed by atoms with Crippen molar-refractivity contribution in [3.8, 4) is 5.75 Å². The largest absolute Gasteiger partial charge is 0.508 e. The van der Waals surface area contributed by atoms with E-state index in [4.69, 9.17) is 4.42 Å². The molecule has 0 fully saturated rings. The molecule has 0 spiro atoms. The van der Waals surface area contributed by atoms with E-state index in [0.717, 1.165) is 24.5 Å². The fourth-order valence-corrected chi connectivity index (χ4v) is 1.88. The Morgan fingerprint density at radius 3 is 2.50 bits per heavy atom. The third-order valence-electron chi connectivity index (χ3n) is 2.99. The highest BCUT2D eigenvalue weighted by Crippen LogP contribution is 2.15. The maximum absolute atomic E-state index is 9.19. The third-order valence-corrected chi connectivity index (χ3v) is 2.99. The van der Waals surface area contributed by atoms with E-state index < -0.39 is 0 Å². The Morgan fingerprint density at radius 1 is 1.17 bits per heavy atom. The van der Waals surface area contributed by atoms with Gasteiger partial charge in [0.15, 0.2) is 0 Å². The van der Waals surface area contributed by atoms with Crippen molar-refractivity contribution in [2.45, 2.75) is 26.3 Å². The lowest BCUT2D eigenvalue weighted by atomic mass is 10.1. The zero-order chi connectivity index (χ0) is 13.0. The van der Waals surface area contributed by atoms with Crippen LogP contribution in [0, 0.1) is 6.92 Å². The van der Waals surface area contributed by atoms with Crippen LogP contribution in [-0.4, -0.2) is 11.7 Å². The van der Waals surface area contributed by atoms with Crippen molar-refractivity contribution >= 4 is 0 Å². The molecule has 0 aliphatic carbocycles. The maximum atomic E-state index is 9.19. The van der Waals surface area contributed by atoms with Gasteiger partial charge in [0.2, 0.25) is 0 Å². The van der Waals surface area contributed by atoms with Crippen LogP contribution in [0.25, 0.3) is 0 Å². The lowest BCUT2D eigenvalue weighted by molar-refractivity contribution is 0.418. The minimum Gasteiger partial charge on any atom is -0.508 e. The molecule has 18 heavy (non-hydrogen) atoms. The molecule has 0 aliphatic heterocycles. The van der Waals surface area contributed by atoms with Gasteiger partial charge in [-0.2, -0.15) is 0 Å². The molecule has 3 heteroatoms. The molecule has 0 aliphatic rings. The summed E-state index contributed by atoms with van der Waals surface area (Å²) in [5.74, 6) is 2.22. The highest BCUT2D eigenvalue weighted by molar-refractivity contribution is 5.26. The van der Waals surface area contributed by atoms with Gasteiger partial charge in [0.1, 0.15) is 17.3 Å². The summed E-state index contributed by atoms with van der Waals surface area (Å²) in [6.45, 7) is 4.92. The van der Waals surface area contributed by atoms with Crippen LogP contribution in [0.15, 0.2) is 40.8 Å². The average Bonchev–Trinajstić information content (AvgIpc) is 2.78. The topological polar surface area (TPSA) is 45.4 Å². The van der Waals surface area contributed by atoms with Crippen molar-refractivity contribution < 1.29 is 9.52 Å². The highest BCUT2D eigenvalue weighted by atomic mass is 16.3. The van der Waals surface area contributed by atoms with E-state index in [1.165, 1.54) is 5.56 Å². The molecule has 0 saturated heterocycles. The summed E-state index contributed by atoms with van der Waals surface area (Å²) in [7, 11) is 0. The second kappa shape index (κ2) is 5.74. The van der Waals surface area contributed by atoms with Crippen LogP contribution in [0.1, 0.15) is 30.0 Å². The smallest absolute Gasteiger partial charge is 0.120 e. The molecule has 1 aromatic carbocycles. The van der Waals surface area contributed by atoms with Gasteiger partial charge in [-0.1, -0.05) is 12.1 Å². The molecule has 0 amide bonds. The summed E-state index contributed by atoms with van der Waals surface area (Å²) in [5, 5.41) is 12.6. The normalized spacial score (nSPS) is 12.6. The monoisotopic (exact) mass is 245 g/mol. The predicted molar refractivity (Wildman–Crippen MR) is 71.7 cm³/mol. The third kappa shape index (κ3) is 3.37. The number of furan rings is 1. The summed E-state index contributed by atoms with van der Waals surface area (Å²) in [5.41, 5.74) is 1.21. The Labute approximate surface area is 107 Å². The number of phenols is 1. The number of hydrogen-bond donors (Lipinski definition) is 2. The molecule has 1 unspecified atom stereocenters. The summed E-state index contributed by atoms with van der Waals surface area (Å²) < 4.78 is 5.57. The van der Waals surface area contributed by atoms with Gasteiger partial charge in [0.25, 0.3) is 0 Å². The first-order valence-corrected chi connectivity index (χ1v) is 6.23. The van der Waals surface area contributed by atoms with Gasteiger partial charge in [0.05, 0.1) is 6.04 Å². The van der Waals surface area contributed by atoms with Gasteiger partial charge in [-0.15, -0.1) is 0 Å². The van der Waals surface area contributed by atoms with Crippen LogP contribution in [0.2, 0.25) is 0 Å². The lowest BCUT2D eigenvalue weighted by Gasteiger charge is -2.11. The number of aromatic hydroxyl groups is 1. The van der Waals surface area contributed by atoms with Crippen molar-refractivity contribution in [2.75, 3.05) is 6.54 Å². The van der Waals surface area contributed by atoms with Crippen LogP contribution in [0.3, 0.4) is 0 Å². The number of benzene rings is 1. The first-order chi connectivity index (χ1) is 8.65. The van der Waals surface area contributed by atoms with Crippen molar-refractivity contribution in [3.63, 3.8) is 0 Å². The van der Waals surface area contributed by atoms with Crippen molar-refractivity contribution in [1.29, 1.82) is 0 Å². The summed E-state index contributed by atoms with van der Waals surface area (Å²) in [6, 6.07) is 11.5. The van der Waals surface area contributed by atoms with E-state index >= 15 is 0 Å². The molecule has 0 bridgehead atoms. The number of hydrogen-bond acceptors (Lipinski definition) is 3. The van der Waals surface area contributed by atoms with Gasteiger partial charge >= 0.3 is 0 Å². The second-order valence-corrected chi connectivity index (χ2v) is 4.54. The van der Waals surface area contributed by atoms with Crippen LogP contribution < -0.4 is 5.32 Å². The second-order valence-electron chi connectivity index (χ2n) is 4.54. The quantitative estimate of drug-likeness (QED) is 0.850. The van der Waals surface area contributed by atoms with E-state index in [9.17, 15) is 5.11 Å². The summed E-state index contributed by atoms with van der Waals surface area (Å²) in [6.07, 6.45) is 0.935. The van der Waals surface area contributed by atoms with Crippen LogP contribution in [0.5, 0.6) is 5.75 Å².